The van der Waals surface area contributed by atoms with Gasteiger partial charge in [-0.05, 0) is 148 Å². The van der Waals surface area contributed by atoms with Crippen LogP contribution in [0.4, 0.5) is 17.1 Å². The maximum Gasteiger partial charge on any atom is 0.0467 e. The van der Waals surface area contributed by atoms with Crippen molar-refractivity contribution in [3.63, 3.8) is 0 Å². The van der Waals surface area contributed by atoms with Crippen LogP contribution in [0.1, 0.15) is 49.9 Å². The molecule has 1 nitrogen and oxygen atoms in total. The van der Waals surface area contributed by atoms with Gasteiger partial charge in [-0.25, -0.2) is 0 Å². The van der Waals surface area contributed by atoms with E-state index in [9.17, 15) is 0 Å². The molecule has 2 aliphatic rings. The molecule has 0 atom stereocenters. The van der Waals surface area contributed by atoms with Crippen molar-refractivity contribution in [1.29, 1.82) is 0 Å². The van der Waals surface area contributed by atoms with Gasteiger partial charge in [0.1, 0.15) is 0 Å². The Morgan fingerprint density at radius 3 is 1.54 bits per heavy atom. The number of anilines is 3. The number of rotatable bonds is 7. The van der Waals surface area contributed by atoms with Crippen molar-refractivity contribution in [2.75, 3.05) is 4.90 Å². The summed E-state index contributed by atoms with van der Waals surface area (Å²) in [6.45, 7) is 9.45. The highest BCUT2D eigenvalue weighted by Crippen LogP contribution is 2.53. The van der Waals surface area contributed by atoms with E-state index < -0.39 is 0 Å². The Kier molecular flexibility index (Phi) is 8.94. The van der Waals surface area contributed by atoms with E-state index in [0.29, 0.717) is 0 Å². The molecule has 0 saturated heterocycles. The number of nitrogens with zero attached hydrogens (tertiary/aromatic N) is 1. The second kappa shape index (κ2) is 14.9. The van der Waals surface area contributed by atoms with Crippen molar-refractivity contribution in [2.45, 2.75) is 38.5 Å². The lowest BCUT2D eigenvalue weighted by Crippen LogP contribution is -2.16. The lowest BCUT2D eigenvalue weighted by atomic mass is 9.79. The SMILES string of the molecule is CC1(C)c2ccccc2-c2ccc(-c3ccc(N(c4ccc(-c5cccc6c5C(C)(C)c5ccccc5-6)cc4)c4cccc(-c5cccc(-c6cccc7ccccc67)c5)c4)cc3)cc21. The van der Waals surface area contributed by atoms with Gasteiger partial charge in [-0.1, -0.05) is 204 Å². The van der Waals surface area contributed by atoms with Crippen molar-refractivity contribution < 1.29 is 0 Å². The average Bonchev–Trinajstić information content (AvgIpc) is 3.74. The molecule has 12 rings (SSSR count). The zero-order chi connectivity index (χ0) is 43.9. The second-order valence-corrected chi connectivity index (χ2v) is 18.9. The Morgan fingerprint density at radius 2 is 0.769 bits per heavy atom. The third kappa shape index (κ3) is 6.29. The van der Waals surface area contributed by atoms with Crippen LogP contribution in [0.15, 0.2) is 224 Å². The predicted octanol–water partition coefficient (Wildman–Crippen LogP) is 17.6. The molecule has 0 aromatic heterocycles. The standard InChI is InChI=1S/C64H49N/c1-63(2)59-27-9-7-22-55(59)57-38-33-47(41-61(57)63)42-29-34-49(35-30-42)65(50-36-31-44(32-37-50)54-25-14-26-58-56-23-8-10-28-60(56)64(3,4)62(54)58)51-20-12-18-46(40-51)45-17-11-19-48(39-45)53-24-13-16-43-15-5-6-21-52(43)53/h5-41H,1-4H3. The predicted molar refractivity (Wildman–Crippen MR) is 276 cm³/mol. The topological polar surface area (TPSA) is 3.24 Å². The molecule has 0 fully saturated rings. The Hall–Kier alpha value is -7.74. The minimum atomic E-state index is -0.0983. The number of benzene rings is 10. The van der Waals surface area contributed by atoms with Crippen LogP contribution in [0.25, 0.3) is 77.5 Å². The molecule has 0 bridgehead atoms. The van der Waals surface area contributed by atoms with E-state index in [1.54, 1.807) is 0 Å². The molecular formula is C64H49N. The fraction of sp³-hybridized carbons (Fsp3) is 0.0938. The largest absolute Gasteiger partial charge is 0.310 e. The molecule has 0 heterocycles. The molecule has 0 unspecified atom stereocenters. The van der Waals surface area contributed by atoms with E-state index in [4.69, 9.17) is 0 Å². The lowest BCUT2D eigenvalue weighted by Gasteiger charge is -2.27. The first-order chi connectivity index (χ1) is 31.7. The minimum Gasteiger partial charge on any atom is -0.310 e. The number of hydrogen-bond donors (Lipinski definition) is 0. The summed E-state index contributed by atoms with van der Waals surface area (Å²) in [5.74, 6) is 0. The van der Waals surface area contributed by atoms with Gasteiger partial charge in [0.25, 0.3) is 0 Å². The molecule has 65 heavy (non-hydrogen) atoms. The molecule has 0 aliphatic heterocycles. The highest BCUT2D eigenvalue weighted by atomic mass is 15.1. The zero-order valence-corrected chi connectivity index (χ0v) is 37.3. The van der Waals surface area contributed by atoms with E-state index in [0.717, 1.165) is 17.1 Å². The molecular weight excluding hydrogens is 783 g/mol. The van der Waals surface area contributed by atoms with Crippen LogP contribution in [0.3, 0.4) is 0 Å². The van der Waals surface area contributed by atoms with Crippen LogP contribution in [0.2, 0.25) is 0 Å². The van der Waals surface area contributed by atoms with Gasteiger partial charge >= 0.3 is 0 Å². The maximum absolute atomic E-state index is 2.41. The summed E-state index contributed by atoms with van der Waals surface area (Å²) in [6, 6.07) is 83.2. The Bertz CT molecular complexity index is 3470. The van der Waals surface area contributed by atoms with Crippen LogP contribution in [-0.4, -0.2) is 0 Å². The van der Waals surface area contributed by atoms with E-state index in [2.05, 4.69) is 257 Å². The van der Waals surface area contributed by atoms with Gasteiger partial charge in [-0.15, -0.1) is 0 Å². The molecule has 10 aromatic rings. The van der Waals surface area contributed by atoms with E-state index >= 15 is 0 Å². The fourth-order valence-corrected chi connectivity index (χ4v) is 11.2. The normalized spacial score (nSPS) is 13.8. The van der Waals surface area contributed by atoms with Crippen molar-refractivity contribution in [3.05, 3.63) is 247 Å². The van der Waals surface area contributed by atoms with Crippen LogP contribution < -0.4 is 4.90 Å². The van der Waals surface area contributed by atoms with E-state index in [-0.39, 0.29) is 10.8 Å². The summed E-state index contributed by atoms with van der Waals surface area (Å²) < 4.78 is 0. The molecule has 1 heteroatoms. The van der Waals surface area contributed by atoms with E-state index in [1.807, 2.05) is 0 Å². The van der Waals surface area contributed by atoms with Crippen molar-refractivity contribution in [1.82, 2.24) is 0 Å². The Balaban J connectivity index is 0.943. The van der Waals surface area contributed by atoms with Gasteiger partial charge in [0, 0.05) is 27.9 Å². The highest BCUT2D eigenvalue weighted by molar-refractivity contribution is 5.97. The first kappa shape index (κ1) is 38.9. The van der Waals surface area contributed by atoms with Crippen LogP contribution in [0.5, 0.6) is 0 Å². The summed E-state index contributed by atoms with van der Waals surface area (Å²) in [7, 11) is 0. The maximum atomic E-state index is 2.41. The summed E-state index contributed by atoms with van der Waals surface area (Å²) in [5, 5.41) is 2.52. The molecule has 2 aliphatic carbocycles. The monoisotopic (exact) mass is 831 g/mol. The van der Waals surface area contributed by atoms with Crippen LogP contribution in [0, 0.1) is 0 Å². The quantitative estimate of drug-likeness (QED) is 0.155. The molecule has 0 spiro atoms. The third-order valence-electron chi connectivity index (χ3n) is 14.5. The second-order valence-electron chi connectivity index (χ2n) is 18.9. The van der Waals surface area contributed by atoms with E-state index in [1.165, 1.54) is 99.8 Å². The van der Waals surface area contributed by atoms with Crippen molar-refractivity contribution in [2.24, 2.45) is 0 Å². The first-order valence-corrected chi connectivity index (χ1v) is 22.9. The lowest BCUT2D eigenvalue weighted by molar-refractivity contribution is 0.660. The Labute approximate surface area is 383 Å². The molecule has 0 radical (unpaired) electrons. The molecule has 10 aromatic carbocycles. The summed E-state index contributed by atoms with van der Waals surface area (Å²) in [6.07, 6.45) is 0. The zero-order valence-electron chi connectivity index (χ0n) is 37.3. The minimum absolute atomic E-state index is 0.0518. The summed E-state index contributed by atoms with van der Waals surface area (Å²) in [5.41, 5.74) is 23.9. The van der Waals surface area contributed by atoms with Gasteiger partial charge in [0.15, 0.2) is 0 Å². The molecule has 0 amide bonds. The molecule has 0 N–H and O–H groups in total. The van der Waals surface area contributed by atoms with Crippen LogP contribution in [-0.2, 0) is 10.8 Å². The van der Waals surface area contributed by atoms with Gasteiger partial charge in [0.2, 0.25) is 0 Å². The fourth-order valence-electron chi connectivity index (χ4n) is 11.2. The first-order valence-electron chi connectivity index (χ1n) is 22.9. The Morgan fingerprint density at radius 1 is 0.277 bits per heavy atom. The summed E-state index contributed by atoms with van der Waals surface area (Å²) in [4.78, 5) is 2.41. The third-order valence-corrected chi connectivity index (χ3v) is 14.5. The number of fused-ring (bicyclic) bond motifs is 7. The van der Waals surface area contributed by atoms with Gasteiger partial charge in [-0.3, -0.25) is 0 Å². The van der Waals surface area contributed by atoms with Crippen molar-refractivity contribution >= 4 is 27.8 Å². The highest BCUT2D eigenvalue weighted by Gasteiger charge is 2.38. The molecule has 310 valence electrons. The molecule has 0 saturated carbocycles. The smallest absolute Gasteiger partial charge is 0.0467 e. The van der Waals surface area contributed by atoms with Gasteiger partial charge < -0.3 is 4.90 Å². The van der Waals surface area contributed by atoms with Crippen LogP contribution >= 0.6 is 0 Å². The van der Waals surface area contributed by atoms with Gasteiger partial charge in [0.05, 0.1) is 0 Å². The van der Waals surface area contributed by atoms with Crippen molar-refractivity contribution in [3.8, 4) is 66.8 Å². The summed E-state index contributed by atoms with van der Waals surface area (Å²) >= 11 is 0. The number of hydrogen-bond acceptors (Lipinski definition) is 1. The average molecular weight is 832 g/mol. The van der Waals surface area contributed by atoms with Gasteiger partial charge in [-0.2, -0.15) is 0 Å².